The molecule has 2 rings (SSSR count). The van der Waals surface area contributed by atoms with Crippen LogP contribution in [0.3, 0.4) is 0 Å². The van der Waals surface area contributed by atoms with Crippen LogP contribution < -0.4 is 0 Å². The van der Waals surface area contributed by atoms with Crippen LogP contribution in [0.2, 0.25) is 0 Å². The summed E-state index contributed by atoms with van der Waals surface area (Å²) in [6.07, 6.45) is 6.19. The Hall–Kier alpha value is -0.350. The van der Waals surface area contributed by atoms with Crippen LogP contribution in [0.25, 0.3) is 0 Å². The van der Waals surface area contributed by atoms with E-state index >= 15 is 0 Å². The molecule has 0 radical (unpaired) electrons. The lowest BCUT2D eigenvalue weighted by Gasteiger charge is -2.33. The van der Waals surface area contributed by atoms with Crippen molar-refractivity contribution in [2.75, 3.05) is 11.9 Å². The van der Waals surface area contributed by atoms with Crippen molar-refractivity contribution in [1.29, 1.82) is 0 Å². The SMILES string of the molecule is Cc1ccc(C(=O)N(CCBr)C2CCCCC2)s1. The van der Waals surface area contributed by atoms with E-state index in [9.17, 15) is 4.79 Å². The summed E-state index contributed by atoms with van der Waals surface area (Å²) in [5.41, 5.74) is 0. The van der Waals surface area contributed by atoms with Gasteiger partial charge in [-0.1, -0.05) is 35.2 Å². The molecule has 0 atom stereocenters. The standard InChI is InChI=1S/C14H20BrNOS/c1-11-7-8-13(18-11)14(17)16(10-9-15)12-5-3-2-4-6-12/h7-8,12H,2-6,9-10H2,1H3. The van der Waals surface area contributed by atoms with Gasteiger partial charge < -0.3 is 4.90 Å². The third-order valence-electron chi connectivity index (χ3n) is 3.55. The number of aryl methyl sites for hydroxylation is 1. The molecule has 0 aliphatic heterocycles. The molecular weight excluding hydrogens is 310 g/mol. The minimum Gasteiger partial charge on any atom is -0.334 e. The van der Waals surface area contributed by atoms with Gasteiger partial charge >= 0.3 is 0 Å². The van der Waals surface area contributed by atoms with Gasteiger partial charge in [0, 0.05) is 22.8 Å². The highest BCUT2D eigenvalue weighted by Gasteiger charge is 2.26. The molecule has 1 aromatic heterocycles. The van der Waals surface area contributed by atoms with Crippen LogP contribution in [0.1, 0.15) is 46.7 Å². The summed E-state index contributed by atoms with van der Waals surface area (Å²) >= 11 is 5.08. The van der Waals surface area contributed by atoms with E-state index in [0.717, 1.165) is 16.8 Å². The molecule has 2 nitrogen and oxygen atoms in total. The predicted molar refractivity (Wildman–Crippen MR) is 80.8 cm³/mol. The van der Waals surface area contributed by atoms with Crippen LogP contribution in [-0.4, -0.2) is 28.7 Å². The number of halogens is 1. The van der Waals surface area contributed by atoms with Gasteiger partial charge in [0.05, 0.1) is 4.88 Å². The molecule has 4 heteroatoms. The zero-order valence-corrected chi connectivity index (χ0v) is 13.2. The molecule has 0 bridgehead atoms. The highest BCUT2D eigenvalue weighted by atomic mass is 79.9. The van der Waals surface area contributed by atoms with E-state index in [4.69, 9.17) is 0 Å². The molecule has 1 aliphatic rings. The largest absolute Gasteiger partial charge is 0.334 e. The van der Waals surface area contributed by atoms with Crippen LogP contribution in [0, 0.1) is 6.92 Å². The van der Waals surface area contributed by atoms with Crippen molar-refractivity contribution in [3.63, 3.8) is 0 Å². The number of amides is 1. The molecule has 1 aromatic rings. The van der Waals surface area contributed by atoms with Crippen LogP contribution in [-0.2, 0) is 0 Å². The lowest BCUT2D eigenvalue weighted by Crippen LogP contribution is -2.42. The summed E-state index contributed by atoms with van der Waals surface area (Å²) in [5, 5.41) is 0.861. The molecule has 1 fully saturated rings. The lowest BCUT2D eigenvalue weighted by atomic mass is 9.94. The molecule has 0 unspecified atom stereocenters. The van der Waals surface area contributed by atoms with E-state index in [1.165, 1.54) is 37.0 Å². The highest BCUT2D eigenvalue weighted by Crippen LogP contribution is 2.26. The van der Waals surface area contributed by atoms with E-state index in [1.54, 1.807) is 11.3 Å². The monoisotopic (exact) mass is 329 g/mol. The molecule has 1 amide bonds. The topological polar surface area (TPSA) is 20.3 Å². The van der Waals surface area contributed by atoms with Crippen LogP contribution in [0.5, 0.6) is 0 Å². The van der Waals surface area contributed by atoms with E-state index < -0.39 is 0 Å². The molecule has 1 aliphatic carbocycles. The van der Waals surface area contributed by atoms with Crippen molar-refractivity contribution in [3.05, 3.63) is 21.9 Å². The van der Waals surface area contributed by atoms with Crippen LogP contribution in [0.4, 0.5) is 0 Å². The van der Waals surface area contributed by atoms with Gasteiger partial charge in [-0.2, -0.15) is 0 Å². The third kappa shape index (κ3) is 3.35. The molecule has 0 saturated heterocycles. The number of thiophene rings is 1. The van der Waals surface area contributed by atoms with Gasteiger partial charge in [-0.25, -0.2) is 0 Å². The van der Waals surface area contributed by atoms with Crippen LogP contribution in [0.15, 0.2) is 12.1 Å². The van der Waals surface area contributed by atoms with Gasteiger partial charge in [-0.05, 0) is 31.9 Å². The fourth-order valence-corrected chi connectivity index (χ4v) is 3.83. The summed E-state index contributed by atoms with van der Waals surface area (Å²) in [5.74, 6) is 0.222. The molecule has 0 spiro atoms. The van der Waals surface area contributed by atoms with Gasteiger partial charge in [-0.3, -0.25) is 4.79 Å². The second-order valence-corrected chi connectivity index (χ2v) is 6.97. The quantitative estimate of drug-likeness (QED) is 0.757. The van der Waals surface area contributed by atoms with Crippen molar-refractivity contribution in [2.45, 2.75) is 45.1 Å². The number of alkyl halides is 1. The Morgan fingerprint density at radius 2 is 2.11 bits per heavy atom. The summed E-state index contributed by atoms with van der Waals surface area (Å²) in [6.45, 7) is 2.87. The Labute approximate surface area is 122 Å². The van der Waals surface area contributed by atoms with Crippen molar-refractivity contribution >= 4 is 33.2 Å². The third-order valence-corrected chi connectivity index (χ3v) is 4.90. The van der Waals surface area contributed by atoms with Crippen molar-refractivity contribution in [1.82, 2.24) is 4.90 Å². The number of hydrogen-bond acceptors (Lipinski definition) is 2. The Bertz CT molecular complexity index is 398. The molecule has 1 heterocycles. The zero-order valence-electron chi connectivity index (χ0n) is 10.8. The van der Waals surface area contributed by atoms with Gasteiger partial charge in [0.25, 0.3) is 5.91 Å². The van der Waals surface area contributed by atoms with Crippen molar-refractivity contribution in [2.24, 2.45) is 0 Å². The Balaban J connectivity index is 2.10. The molecule has 0 aromatic carbocycles. The highest BCUT2D eigenvalue weighted by molar-refractivity contribution is 9.09. The zero-order chi connectivity index (χ0) is 13.0. The molecular formula is C14H20BrNOS. The Morgan fingerprint density at radius 1 is 1.39 bits per heavy atom. The smallest absolute Gasteiger partial charge is 0.264 e. The maximum absolute atomic E-state index is 12.6. The first-order valence-corrected chi connectivity index (χ1v) is 8.59. The summed E-state index contributed by atoms with van der Waals surface area (Å²) in [4.78, 5) is 16.7. The van der Waals surface area contributed by atoms with Crippen molar-refractivity contribution in [3.8, 4) is 0 Å². The molecule has 1 saturated carbocycles. The summed E-state index contributed by atoms with van der Waals surface area (Å²) in [7, 11) is 0. The van der Waals surface area contributed by atoms with E-state index in [0.29, 0.717) is 6.04 Å². The van der Waals surface area contributed by atoms with Gasteiger partial charge in [0.2, 0.25) is 0 Å². The fourth-order valence-electron chi connectivity index (χ4n) is 2.62. The minimum absolute atomic E-state index is 0.222. The molecule has 100 valence electrons. The predicted octanol–water partition coefficient (Wildman–Crippen LogP) is 4.23. The number of carbonyl (C=O) groups is 1. The molecule has 0 N–H and O–H groups in total. The van der Waals surface area contributed by atoms with Gasteiger partial charge in [-0.15, -0.1) is 11.3 Å². The van der Waals surface area contributed by atoms with Crippen molar-refractivity contribution < 1.29 is 4.79 Å². The maximum Gasteiger partial charge on any atom is 0.264 e. The second-order valence-electron chi connectivity index (χ2n) is 4.89. The average molecular weight is 330 g/mol. The summed E-state index contributed by atoms with van der Waals surface area (Å²) < 4.78 is 0. The average Bonchev–Trinajstić information content (AvgIpc) is 2.83. The maximum atomic E-state index is 12.6. The summed E-state index contributed by atoms with van der Waals surface area (Å²) in [6, 6.07) is 4.45. The van der Waals surface area contributed by atoms with Gasteiger partial charge in [0.1, 0.15) is 0 Å². The minimum atomic E-state index is 0.222. The first-order valence-electron chi connectivity index (χ1n) is 6.65. The number of rotatable bonds is 4. The second kappa shape index (κ2) is 6.71. The van der Waals surface area contributed by atoms with Gasteiger partial charge in [0.15, 0.2) is 0 Å². The van der Waals surface area contributed by atoms with Crippen LogP contribution >= 0.6 is 27.3 Å². The van der Waals surface area contributed by atoms with E-state index in [1.807, 2.05) is 12.1 Å². The number of hydrogen-bond donors (Lipinski definition) is 0. The normalized spacial score (nSPS) is 16.8. The fraction of sp³-hybridized carbons (Fsp3) is 0.643. The van der Waals surface area contributed by atoms with E-state index in [2.05, 4.69) is 27.8 Å². The first-order chi connectivity index (χ1) is 8.72. The lowest BCUT2D eigenvalue weighted by molar-refractivity contribution is 0.0656. The number of nitrogens with zero attached hydrogens (tertiary/aromatic N) is 1. The van der Waals surface area contributed by atoms with E-state index in [-0.39, 0.29) is 5.91 Å². The Morgan fingerprint density at radius 3 is 2.67 bits per heavy atom. The first kappa shape index (κ1) is 14.1. The number of carbonyl (C=O) groups excluding carboxylic acids is 1. The Kier molecular flexibility index (Phi) is 5.25. The molecule has 18 heavy (non-hydrogen) atoms.